The van der Waals surface area contributed by atoms with Crippen molar-refractivity contribution in [3.8, 4) is 0 Å². The predicted octanol–water partition coefficient (Wildman–Crippen LogP) is 3.06. The zero-order valence-electron chi connectivity index (χ0n) is 11.3. The van der Waals surface area contributed by atoms with Gasteiger partial charge >= 0.3 is 0 Å². The number of amides is 1. The predicted molar refractivity (Wildman–Crippen MR) is 74.7 cm³/mol. The molecule has 2 heterocycles. The molecule has 1 unspecified atom stereocenters. The number of likely N-dealkylation sites (tertiary alicyclic amines) is 1. The number of carbonyl (C=O) groups is 1. The van der Waals surface area contributed by atoms with E-state index in [1.807, 2.05) is 11.0 Å². The lowest BCUT2D eigenvalue weighted by Gasteiger charge is -2.20. The molecule has 1 atom stereocenters. The maximum absolute atomic E-state index is 12.1. The molecule has 1 fully saturated rings. The quantitative estimate of drug-likeness (QED) is 0.852. The van der Waals surface area contributed by atoms with Crippen LogP contribution in [-0.4, -0.2) is 27.5 Å². The summed E-state index contributed by atoms with van der Waals surface area (Å²) in [6.45, 7) is 3.57. The van der Waals surface area contributed by atoms with Crippen LogP contribution in [0.5, 0.6) is 0 Å². The van der Waals surface area contributed by atoms with Crippen molar-refractivity contribution in [2.75, 3.05) is 6.54 Å². The van der Waals surface area contributed by atoms with E-state index in [4.69, 9.17) is 11.6 Å². The van der Waals surface area contributed by atoms with Crippen LogP contribution < -0.4 is 0 Å². The highest BCUT2D eigenvalue weighted by Crippen LogP contribution is 2.23. The molecule has 104 valence electrons. The minimum Gasteiger partial charge on any atom is -0.337 e. The molecule has 0 aromatic carbocycles. The van der Waals surface area contributed by atoms with Crippen LogP contribution >= 0.6 is 11.6 Å². The molecular formula is C14H20ClN3O. The molecule has 2 rings (SSSR count). The zero-order valence-corrected chi connectivity index (χ0v) is 12.1. The Morgan fingerprint density at radius 2 is 2.21 bits per heavy atom. The molecule has 4 nitrogen and oxygen atoms in total. The molecule has 1 aromatic rings. The lowest BCUT2D eigenvalue weighted by atomic mass is 9.96. The third kappa shape index (κ3) is 4.16. The molecule has 0 bridgehead atoms. The number of aromatic nitrogens is 2. The van der Waals surface area contributed by atoms with Crippen LogP contribution in [0.1, 0.15) is 44.7 Å². The van der Waals surface area contributed by atoms with Crippen molar-refractivity contribution in [1.82, 2.24) is 15.1 Å². The monoisotopic (exact) mass is 281 g/mol. The Morgan fingerprint density at radius 3 is 2.89 bits per heavy atom. The Morgan fingerprint density at radius 1 is 1.37 bits per heavy atom. The first kappa shape index (κ1) is 14.3. The highest BCUT2D eigenvalue weighted by molar-refractivity contribution is 6.29. The van der Waals surface area contributed by atoms with Crippen LogP contribution in [0.2, 0.25) is 5.15 Å². The molecule has 0 spiro atoms. The largest absolute Gasteiger partial charge is 0.337 e. The van der Waals surface area contributed by atoms with E-state index in [9.17, 15) is 4.79 Å². The topological polar surface area (TPSA) is 46.1 Å². The molecule has 1 amide bonds. The summed E-state index contributed by atoms with van der Waals surface area (Å²) in [5.74, 6) is 0.922. The number of nitrogens with zero attached hydrogens (tertiary/aromatic N) is 3. The van der Waals surface area contributed by atoms with Gasteiger partial charge < -0.3 is 4.90 Å². The van der Waals surface area contributed by atoms with Gasteiger partial charge in [-0.25, -0.2) is 0 Å². The summed E-state index contributed by atoms with van der Waals surface area (Å²) >= 11 is 5.71. The molecule has 1 aliphatic rings. The summed E-state index contributed by atoms with van der Waals surface area (Å²) in [4.78, 5) is 14.0. The van der Waals surface area contributed by atoms with Gasteiger partial charge in [-0.15, -0.1) is 5.10 Å². The van der Waals surface area contributed by atoms with Gasteiger partial charge in [0.1, 0.15) is 0 Å². The van der Waals surface area contributed by atoms with Gasteiger partial charge in [0.2, 0.25) is 5.91 Å². The smallest absolute Gasteiger partial charge is 0.222 e. The van der Waals surface area contributed by atoms with Gasteiger partial charge in [-0.3, -0.25) is 4.79 Å². The standard InChI is InChI=1S/C14H20ClN3O/c1-2-3-11-4-7-14(19)18(9-8-11)10-12-5-6-13(15)17-16-12/h5-6,11H,2-4,7-10H2,1H3. The fraction of sp³-hybridized carbons (Fsp3) is 0.643. The van der Waals surface area contributed by atoms with Crippen LogP contribution in [0.4, 0.5) is 0 Å². The van der Waals surface area contributed by atoms with E-state index in [0.29, 0.717) is 24.0 Å². The van der Waals surface area contributed by atoms with Crippen molar-refractivity contribution in [3.05, 3.63) is 23.0 Å². The number of carbonyl (C=O) groups excluding carboxylic acids is 1. The van der Waals surface area contributed by atoms with Crippen molar-refractivity contribution < 1.29 is 4.79 Å². The Hall–Kier alpha value is -1.16. The van der Waals surface area contributed by atoms with Gasteiger partial charge in [0.05, 0.1) is 12.2 Å². The van der Waals surface area contributed by atoms with Crippen LogP contribution in [0.3, 0.4) is 0 Å². The second-order valence-electron chi connectivity index (χ2n) is 5.14. The van der Waals surface area contributed by atoms with Crippen LogP contribution in [0, 0.1) is 5.92 Å². The molecule has 0 aliphatic carbocycles. The molecule has 1 aromatic heterocycles. The van der Waals surface area contributed by atoms with Gasteiger partial charge in [-0.2, -0.15) is 5.10 Å². The maximum Gasteiger partial charge on any atom is 0.222 e. The maximum atomic E-state index is 12.1. The molecule has 5 heteroatoms. The first-order valence-electron chi connectivity index (χ1n) is 6.95. The molecular weight excluding hydrogens is 262 g/mol. The summed E-state index contributed by atoms with van der Waals surface area (Å²) in [6.07, 6.45) is 5.20. The summed E-state index contributed by atoms with van der Waals surface area (Å²) in [5.41, 5.74) is 0.798. The van der Waals surface area contributed by atoms with Crippen molar-refractivity contribution in [3.63, 3.8) is 0 Å². The Labute approximate surface area is 119 Å². The number of halogens is 1. The minimum absolute atomic E-state index is 0.232. The normalized spacial score (nSPS) is 20.4. The van der Waals surface area contributed by atoms with Gasteiger partial charge in [-0.05, 0) is 30.9 Å². The Balaban J connectivity index is 1.95. The summed E-state index contributed by atoms with van der Waals surface area (Å²) < 4.78 is 0. The van der Waals surface area contributed by atoms with Crippen molar-refractivity contribution >= 4 is 17.5 Å². The highest BCUT2D eigenvalue weighted by atomic mass is 35.5. The zero-order chi connectivity index (χ0) is 13.7. The van der Waals surface area contributed by atoms with E-state index in [-0.39, 0.29) is 5.91 Å². The number of hydrogen-bond donors (Lipinski definition) is 0. The van der Waals surface area contributed by atoms with Gasteiger partial charge in [-0.1, -0.05) is 31.4 Å². The highest BCUT2D eigenvalue weighted by Gasteiger charge is 2.22. The Bertz CT molecular complexity index is 421. The second kappa shape index (κ2) is 6.85. The third-order valence-corrected chi connectivity index (χ3v) is 3.87. The van der Waals surface area contributed by atoms with Gasteiger partial charge in [0, 0.05) is 13.0 Å². The number of rotatable bonds is 4. The second-order valence-corrected chi connectivity index (χ2v) is 5.53. The van der Waals surface area contributed by atoms with Crippen molar-refractivity contribution in [1.29, 1.82) is 0 Å². The van der Waals surface area contributed by atoms with E-state index in [0.717, 1.165) is 25.1 Å². The van der Waals surface area contributed by atoms with E-state index in [2.05, 4.69) is 17.1 Å². The fourth-order valence-electron chi connectivity index (χ4n) is 2.58. The van der Waals surface area contributed by atoms with Crippen LogP contribution in [-0.2, 0) is 11.3 Å². The van der Waals surface area contributed by atoms with Crippen molar-refractivity contribution in [2.45, 2.75) is 45.6 Å². The summed E-state index contributed by atoms with van der Waals surface area (Å²) in [7, 11) is 0. The van der Waals surface area contributed by atoms with Crippen LogP contribution in [0.15, 0.2) is 12.1 Å². The molecule has 1 aliphatic heterocycles. The molecule has 19 heavy (non-hydrogen) atoms. The third-order valence-electron chi connectivity index (χ3n) is 3.66. The van der Waals surface area contributed by atoms with Gasteiger partial charge in [0.15, 0.2) is 5.15 Å². The average Bonchev–Trinajstić information content (AvgIpc) is 2.57. The molecule has 0 N–H and O–H groups in total. The molecule has 1 saturated heterocycles. The van der Waals surface area contributed by atoms with E-state index >= 15 is 0 Å². The number of hydrogen-bond acceptors (Lipinski definition) is 3. The van der Waals surface area contributed by atoms with E-state index in [1.54, 1.807) is 6.07 Å². The SMILES string of the molecule is CCCC1CCC(=O)N(Cc2ccc(Cl)nn2)CC1. The summed E-state index contributed by atoms with van der Waals surface area (Å²) in [6, 6.07) is 3.54. The van der Waals surface area contributed by atoms with E-state index in [1.165, 1.54) is 12.8 Å². The summed E-state index contributed by atoms with van der Waals surface area (Å²) in [5, 5.41) is 8.22. The first-order valence-corrected chi connectivity index (χ1v) is 7.32. The first-order chi connectivity index (χ1) is 9.19. The van der Waals surface area contributed by atoms with Crippen molar-refractivity contribution in [2.24, 2.45) is 5.92 Å². The lowest BCUT2D eigenvalue weighted by Crippen LogP contribution is -2.30. The van der Waals surface area contributed by atoms with Crippen LogP contribution in [0.25, 0.3) is 0 Å². The Kier molecular flexibility index (Phi) is 5.14. The van der Waals surface area contributed by atoms with Gasteiger partial charge in [0.25, 0.3) is 0 Å². The minimum atomic E-state index is 0.232. The molecule has 0 saturated carbocycles. The molecule has 0 radical (unpaired) electrons. The average molecular weight is 282 g/mol. The fourth-order valence-corrected chi connectivity index (χ4v) is 2.68. The van der Waals surface area contributed by atoms with E-state index < -0.39 is 0 Å². The lowest BCUT2D eigenvalue weighted by molar-refractivity contribution is -0.131.